The van der Waals surface area contributed by atoms with E-state index in [0.717, 1.165) is 36.1 Å². The van der Waals surface area contributed by atoms with Crippen LogP contribution in [0.2, 0.25) is 0 Å². The van der Waals surface area contributed by atoms with E-state index in [0.29, 0.717) is 24.2 Å². The number of hydrogen-bond acceptors (Lipinski definition) is 2. The molecular weight excluding hydrogens is 343 g/mol. The minimum absolute atomic E-state index is 0.0701. The van der Waals surface area contributed by atoms with Crippen molar-refractivity contribution in [3.05, 3.63) is 58.2 Å². The summed E-state index contributed by atoms with van der Waals surface area (Å²) in [6.07, 6.45) is 3.24. The maximum Gasteiger partial charge on any atom is 0.271 e. The van der Waals surface area contributed by atoms with Crippen molar-refractivity contribution in [2.45, 2.75) is 59.0 Å². The van der Waals surface area contributed by atoms with E-state index in [1.165, 1.54) is 12.1 Å². The molecule has 5 heteroatoms. The van der Waals surface area contributed by atoms with E-state index >= 15 is 0 Å². The van der Waals surface area contributed by atoms with Crippen molar-refractivity contribution in [1.82, 2.24) is 9.88 Å². The predicted molar refractivity (Wildman–Crippen MR) is 101 cm³/mol. The van der Waals surface area contributed by atoms with Crippen LogP contribution in [0.25, 0.3) is 0 Å². The molecule has 0 bridgehead atoms. The topological polar surface area (TPSA) is 53.2 Å². The molecule has 2 aromatic rings. The Morgan fingerprint density at radius 2 is 1.89 bits per heavy atom. The number of amides is 1. The molecule has 0 radical (unpaired) electrons. The van der Waals surface area contributed by atoms with Crippen LogP contribution in [0, 0.1) is 18.2 Å². The minimum Gasteiger partial charge on any atom is -0.354 e. The van der Waals surface area contributed by atoms with Gasteiger partial charge in [0.1, 0.15) is 11.5 Å². The average Bonchev–Trinajstić information content (AvgIpc) is 3.36. The number of aromatic nitrogens is 1. The molecule has 142 valence electrons. The highest BCUT2D eigenvalue weighted by Gasteiger charge is 2.38. The Hall–Kier alpha value is -2.43. The molecule has 0 spiro atoms. The number of nitrogens with zero attached hydrogens (tertiary/aromatic N) is 1. The van der Waals surface area contributed by atoms with Gasteiger partial charge in [0.15, 0.2) is 5.78 Å². The summed E-state index contributed by atoms with van der Waals surface area (Å²) in [5.41, 5.74) is 3.69. The lowest BCUT2D eigenvalue weighted by Gasteiger charge is -2.28. The van der Waals surface area contributed by atoms with Gasteiger partial charge >= 0.3 is 0 Å². The lowest BCUT2D eigenvalue weighted by atomic mass is 9.75. The molecule has 2 aliphatic rings. The van der Waals surface area contributed by atoms with Crippen molar-refractivity contribution in [3.8, 4) is 0 Å². The second-order valence-electron chi connectivity index (χ2n) is 8.71. The highest BCUT2D eigenvalue weighted by atomic mass is 19.1. The van der Waals surface area contributed by atoms with Crippen LogP contribution in [0.15, 0.2) is 24.3 Å². The molecular formula is C22H25FN2O2. The number of Topliss-reactive ketones (excluding diaryl/α,β-unsaturated/α-hetero) is 1. The molecule has 0 aliphatic heterocycles. The van der Waals surface area contributed by atoms with E-state index in [4.69, 9.17) is 0 Å². The Morgan fingerprint density at radius 1 is 1.22 bits per heavy atom. The number of hydrogen-bond donors (Lipinski definition) is 1. The third-order valence-corrected chi connectivity index (χ3v) is 5.63. The monoisotopic (exact) mass is 368 g/mol. The van der Waals surface area contributed by atoms with Crippen molar-refractivity contribution < 1.29 is 14.0 Å². The molecule has 0 unspecified atom stereocenters. The maximum atomic E-state index is 13.3. The molecule has 0 saturated heterocycles. The fraction of sp³-hybridized carbons (Fsp3) is 0.455. The predicted octanol–water partition coefficient (Wildman–Crippen LogP) is 4.42. The molecule has 4 rings (SSSR count). The first kappa shape index (κ1) is 18.0. The third-order valence-electron chi connectivity index (χ3n) is 5.63. The van der Waals surface area contributed by atoms with Crippen LogP contribution in [0.3, 0.4) is 0 Å². The summed E-state index contributed by atoms with van der Waals surface area (Å²) in [5.74, 6) is -0.234. The minimum atomic E-state index is -0.280. The number of aromatic amines is 1. The van der Waals surface area contributed by atoms with Crippen LogP contribution in [0.4, 0.5) is 4.39 Å². The molecule has 1 aromatic carbocycles. The molecule has 1 heterocycles. The molecule has 4 nitrogen and oxygen atoms in total. The standard InChI is InChI=1S/C22H25FN2O2/c1-13-19-17(10-22(2,3)11-18(19)26)24-20(13)21(27)25(16-8-9-16)12-14-4-6-15(23)7-5-14/h4-7,16,24H,8-12H2,1-3H3. The second kappa shape index (κ2) is 6.32. The Morgan fingerprint density at radius 3 is 2.52 bits per heavy atom. The van der Waals surface area contributed by atoms with Gasteiger partial charge in [0.25, 0.3) is 5.91 Å². The third kappa shape index (κ3) is 3.43. The average molecular weight is 368 g/mol. The van der Waals surface area contributed by atoms with Gasteiger partial charge < -0.3 is 9.88 Å². The Kier molecular flexibility index (Phi) is 4.21. The van der Waals surface area contributed by atoms with Crippen LogP contribution < -0.4 is 0 Å². The van der Waals surface area contributed by atoms with E-state index in [-0.39, 0.29) is 29.0 Å². The van der Waals surface area contributed by atoms with Crippen LogP contribution in [0.1, 0.15) is 70.8 Å². The van der Waals surface area contributed by atoms with Gasteiger partial charge in [-0.05, 0) is 54.9 Å². The number of carbonyl (C=O) groups is 2. The first-order valence-corrected chi connectivity index (χ1v) is 9.55. The maximum absolute atomic E-state index is 13.3. The Bertz CT molecular complexity index is 907. The van der Waals surface area contributed by atoms with E-state index in [1.54, 1.807) is 12.1 Å². The molecule has 1 fully saturated rings. The zero-order valence-electron chi connectivity index (χ0n) is 16.1. The zero-order chi connectivity index (χ0) is 19.3. The van der Waals surface area contributed by atoms with Crippen molar-refractivity contribution in [2.24, 2.45) is 5.41 Å². The van der Waals surface area contributed by atoms with Gasteiger partial charge in [0.05, 0.1) is 0 Å². The van der Waals surface area contributed by atoms with Gasteiger partial charge in [0, 0.05) is 30.3 Å². The Balaban J connectivity index is 1.65. The molecule has 27 heavy (non-hydrogen) atoms. The van der Waals surface area contributed by atoms with Crippen molar-refractivity contribution in [2.75, 3.05) is 0 Å². The van der Waals surface area contributed by atoms with Gasteiger partial charge in [-0.2, -0.15) is 0 Å². The molecule has 0 atom stereocenters. The van der Waals surface area contributed by atoms with Gasteiger partial charge in [0.2, 0.25) is 0 Å². The molecule has 1 N–H and O–H groups in total. The van der Waals surface area contributed by atoms with E-state index in [9.17, 15) is 14.0 Å². The Labute approximate surface area is 158 Å². The number of halogens is 1. The van der Waals surface area contributed by atoms with Crippen LogP contribution in [-0.4, -0.2) is 27.6 Å². The van der Waals surface area contributed by atoms with E-state index < -0.39 is 0 Å². The van der Waals surface area contributed by atoms with Gasteiger partial charge in [-0.3, -0.25) is 9.59 Å². The largest absolute Gasteiger partial charge is 0.354 e. The second-order valence-corrected chi connectivity index (χ2v) is 8.71. The zero-order valence-corrected chi connectivity index (χ0v) is 16.1. The number of rotatable bonds is 4. The summed E-state index contributed by atoms with van der Waals surface area (Å²) in [5, 5.41) is 0. The number of fused-ring (bicyclic) bond motifs is 1. The van der Waals surface area contributed by atoms with Crippen molar-refractivity contribution in [3.63, 3.8) is 0 Å². The van der Waals surface area contributed by atoms with Gasteiger partial charge in [-0.1, -0.05) is 26.0 Å². The SMILES string of the molecule is Cc1c(C(=O)N(Cc2ccc(F)cc2)C2CC2)[nH]c2c1C(=O)CC(C)(C)C2. The first-order valence-electron chi connectivity index (χ1n) is 9.55. The van der Waals surface area contributed by atoms with Crippen LogP contribution in [-0.2, 0) is 13.0 Å². The smallest absolute Gasteiger partial charge is 0.271 e. The summed E-state index contributed by atoms with van der Waals surface area (Å²) >= 11 is 0. The number of benzene rings is 1. The first-order chi connectivity index (χ1) is 12.7. The van der Waals surface area contributed by atoms with Crippen LogP contribution in [0.5, 0.6) is 0 Å². The summed E-state index contributed by atoms with van der Waals surface area (Å²) in [6.45, 7) is 6.47. The number of ketones is 1. The van der Waals surface area contributed by atoms with E-state index in [2.05, 4.69) is 18.8 Å². The highest BCUT2D eigenvalue weighted by Crippen LogP contribution is 2.38. The molecule has 1 aromatic heterocycles. The molecule has 2 aliphatic carbocycles. The van der Waals surface area contributed by atoms with Crippen molar-refractivity contribution in [1.29, 1.82) is 0 Å². The molecule has 1 saturated carbocycles. The normalized spacial score (nSPS) is 18.3. The fourth-order valence-electron chi connectivity index (χ4n) is 4.13. The van der Waals surface area contributed by atoms with Gasteiger partial charge in [-0.25, -0.2) is 4.39 Å². The summed E-state index contributed by atoms with van der Waals surface area (Å²) in [4.78, 5) is 31.1. The number of carbonyl (C=O) groups excluding carboxylic acids is 2. The lowest BCUT2D eigenvalue weighted by molar-refractivity contribution is 0.0723. The summed E-state index contributed by atoms with van der Waals surface area (Å²) < 4.78 is 13.2. The lowest BCUT2D eigenvalue weighted by Crippen LogP contribution is -2.33. The van der Waals surface area contributed by atoms with Gasteiger partial charge in [-0.15, -0.1) is 0 Å². The fourth-order valence-corrected chi connectivity index (χ4v) is 4.13. The van der Waals surface area contributed by atoms with E-state index in [1.807, 2.05) is 11.8 Å². The summed E-state index contributed by atoms with van der Waals surface area (Å²) in [7, 11) is 0. The quantitative estimate of drug-likeness (QED) is 0.868. The highest BCUT2D eigenvalue weighted by molar-refractivity contribution is 6.04. The molecule has 1 amide bonds. The summed E-state index contributed by atoms with van der Waals surface area (Å²) in [6, 6.07) is 6.50. The van der Waals surface area contributed by atoms with Crippen LogP contribution >= 0.6 is 0 Å². The number of H-pyrrole nitrogens is 1. The number of nitrogens with one attached hydrogen (secondary N) is 1. The van der Waals surface area contributed by atoms with Crippen molar-refractivity contribution >= 4 is 11.7 Å².